The van der Waals surface area contributed by atoms with Crippen molar-refractivity contribution in [3.8, 4) is 5.75 Å². The molecular weight excluding hydrogens is 427 g/mol. The van der Waals surface area contributed by atoms with Gasteiger partial charge in [-0.3, -0.25) is 4.90 Å². The molecule has 2 unspecified atom stereocenters. The number of ether oxygens (including phenoxy) is 3. The molecule has 32 heavy (non-hydrogen) atoms. The number of nitrogens with zero attached hydrogens (tertiary/aromatic N) is 1. The van der Waals surface area contributed by atoms with Gasteiger partial charge in [0.25, 0.3) is 0 Å². The zero-order valence-corrected chi connectivity index (χ0v) is 17.3. The van der Waals surface area contributed by atoms with Crippen LogP contribution >= 0.6 is 0 Å². The number of hydrogen-bond acceptors (Lipinski definition) is 5. The first-order chi connectivity index (χ1) is 15.2. The minimum Gasteiger partial charge on any atom is -0.445 e. The molecule has 0 radical (unpaired) electrons. The van der Waals surface area contributed by atoms with Crippen molar-refractivity contribution in [2.75, 3.05) is 13.2 Å². The van der Waals surface area contributed by atoms with Crippen molar-refractivity contribution in [2.45, 2.75) is 49.9 Å². The first kappa shape index (κ1) is 22.4. The van der Waals surface area contributed by atoms with Gasteiger partial charge in [-0.05, 0) is 36.1 Å². The van der Waals surface area contributed by atoms with E-state index in [1.54, 1.807) is 11.0 Å². The third kappa shape index (κ3) is 5.52. The van der Waals surface area contributed by atoms with Crippen LogP contribution in [0.5, 0.6) is 5.75 Å². The van der Waals surface area contributed by atoms with Crippen molar-refractivity contribution >= 4 is 6.09 Å². The Hall–Kier alpha value is -2.78. The van der Waals surface area contributed by atoms with Gasteiger partial charge in [-0.25, -0.2) is 4.79 Å². The molecule has 2 aliphatic rings. The third-order valence-electron chi connectivity index (χ3n) is 5.72. The fourth-order valence-electron chi connectivity index (χ4n) is 4.54. The number of aliphatic hydroxyl groups is 1. The van der Waals surface area contributed by atoms with Crippen LogP contribution in [-0.4, -0.2) is 53.4 Å². The number of rotatable bonds is 5. The van der Waals surface area contributed by atoms with Gasteiger partial charge < -0.3 is 19.3 Å². The van der Waals surface area contributed by atoms with Crippen LogP contribution < -0.4 is 4.74 Å². The Morgan fingerprint density at radius 3 is 2.38 bits per heavy atom. The van der Waals surface area contributed by atoms with Crippen molar-refractivity contribution in [3.05, 3.63) is 65.7 Å². The molecule has 1 amide bonds. The number of carbonyl (C=O) groups excluding carboxylic acids is 1. The second-order valence-electron chi connectivity index (χ2n) is 8.30. The number of amides is 1. The summed E-state index contributed by atoms with van der Waals surface area (Å²) in [7, 11) is 0. The maximum Gasteiger partial charge on any atom is 0.573 e. The molecule has 2 bridgehead atoms. The highest BCUT2D eigenvalue weighted by Gasteiger charge is 2.48. The zero-order chi connectivity index (χ0) is 22.8. The van der Waals surface area contributed by atoms with Crippen molar-refractivity contribution in [3.63, 3.8) is 0 Å². The molecule has 0 aliphatic carbocycles. The normalized spacial score (nSPS) is 25.3. The van der Waals surface area contributed by atoms with Crippen LogP contribution in [0.1, 0.15) is 24.0 Å². The number of carbonyl (C=O) groups is 1. The van der Waals surface area contributed by atoms with Crippen LogP contribution in [0.4, 0.5) is 18.0 Å². The molecule has 2 atom stereocenters. The fourth-order valence-corrected chi connectivity index (χ4v) is 4.54. The van der Waals surface area contributed by atoms with Crippen LogP contribution in [0.25, 0.3) is 0 Å². The molecule has 4 rings (SSSR count). The summed E-state index contributed by atoms with van der Waals surface area (Å²) < 4.78 is 52.6. The van der Waals surface area contributed by atoms with E-state index in [9.17, 15) is 23.1 Å². The molecule has 172 valence electrons. The Balaban J connectivity index is 1.42. The lowest BCUT2D eigenvalue weighted by atomic mass is 9.78. The van der Waals surface area contributed by atoms with E-state index >= 15 is 0 Å². The Labute approximate surface area is 183 Å². The summed E-state index contributed by atoms with van der Waals surface area (Å²) in [6, 6.07) is 14.2. The van der Waals surface area contributed by atoms with Gasteiger partial charge in [0.2, 0.25) is 0 Å². The van der Waals surface area contributed by atoms with E-state index in [2.05, 4.69) is 4.74 Å². The second-order valence-corrected chi connectivity index (χ2v) is 8.30. The van der Waals surface area contributed by atoms with Gasteiger partial charge in [-0.15, -0.1) is 13.2 Å². The van der Waals surface area contributed by atoms with E-state index in [0.29, 0.717) is 5.56 Å². The monoisotopic (exact) mass is 451 g/mol. The summed E-state index contributed by atoms with van der Waals surface area (Å²) in [5.41, 5.74) is 0.205. The van der Waals surface area contributed by atoms with E-state index in [-0.39, 0.29) is 56.9 Å². The molecule has 0 aromatic heterocycles. The molecule has 2 saturated heterocycles. The first-order valence-electron chi connectivity index (χ1n) is 10.3. The van der Waals surface area contributed by atoms with Gasteiger partial charge in [0.15, 0.2) is 0 Å². The molecule has 2 fully saturated rings. The van der Waals surface area contributed by atoms with E-state index in [1.165, 1.54) is 18.2 Å². The van der Waals surface area contributed by atoms with Crippen LogP contribution in [0, 0.1) is 0 Å². The Kier molecular flexibility index (Phi) is 6.30. The van der Waals surface area contributed by atoms with Crippen LogP contribution in [0.2, 0.25) is 0 Å². The average molecular weight is 451 g/mol. The SMILES string of the molecule is O=C(OCc1ccccc1)N1C2COCC1CC(O)(Cc1cccc(OC(F)(F)F)c1)C2. The zero-order valence-electron chi connectivity index (χ0n) is 17.3. The molecule has 1 N–H and O–H groups in total. The van der Waals surface area contributed by atoms with Crippen molar-refractivity contribution in [1.82, 2.24) is 4.90 Å². The molecular formula is C23H24F3NO5. The van der Waals surface area contributed by atoms with Crippen molar-refractivity contribution < 1.29 is 37.3 Å². The largest absolute Gasteiger partial charge is 0.573 e. The van der Waals surface area contributed by atoms with E-state index in [1.807, 2.05) is 30.3 Å². The predicted molar refractivity (Wildman–Crippen MR) is 108 cm³/mol. The summed E-state index contributed by atoms with van der Waals surface area (Å²) in [6.07, 6.45) is -4.64. The molecule has 6 nitrogen and oxygen atoms in total. The molecule has 2 heterocycles. The quantitative estimate of drug-likeness (QED) is 0.743. The second kappa shape index (κ2) is 8.99. The van der Waals surface area contributed by atoms with Crippen LogP contribution in [0.15, 0.2) is 54.6 Å². The van der Waals surface area contributed by atoms with Crippen LogP contribution in [0.3, 0.4) is 0 Å². The highest BCUT2D eigenvalue weighted by Crippen LogP contribution is 2.37. The number of morpholine rings is 1. The summed E-state index contributed by atoms with van der Waals surface area (Å²) in [4.78, 5) is 14.4. The summed E-state index contributed by atoms with van der Waals surface area (Å²) in [5, 5.41) is 11.3. The number of hydrogen-bond donors (Lipinski definition) is 1. The van der Waals surface area contributed by atoms with Gasteiger partial charge in [0, 0.05) is 6.42 Å². The summed E-state index contributed by atoms with van der Waals surface area (Å²) in [6.45, 7) is 0.666. The smallest absolute Gasteiger partial charge is 0.445 e. The lowest BCUT2D eigenvalue weighted by Gasteiger charge is -2.51. The molecule has 0 saturated carbocycles. The van der Waals surface area contributed by atoms with Gasteiger partial charge in [0.05, 0.1) is 30.9 Å². The van der Waals surface area contributed by atoms with Crippen molar-refractivity contribution in [1.29, 1.82) is 0 Å². The van der Waals surface area contributed by atoms with Gasteiger partial charge in [-0.1, -0.05) is 42.5 Å². The van der Waals surface area contributed by atoms with E-state index < -0.39 is 18.1 Å². The predicted octanol–water partition coefficient (Wildman–Crippen LogP) is 4.06. The number of fused-ring (bicyclic) bond motifs is 2. The van der Waals surface area contributed by atoms with Crippen molar-refractivity contribution in [2.24, 2.45) is 0 Å². The fraction of sp³-hybridized carbons (Fsp3) is 0.435. The Morgan fingerprint density at radius 2 is 1.72 bits per heavy atom. The summed E-state index contributed by atoms with van der Waals surface area (Å²) in [5.74, 6) is -0.330. The Morgan fingerprint density at radius 1 is 1.06 bits per heavy atom. The first-order valence-corrected chi connectivity index (χ1v) is 10.3. The lowest BCUT2D eigenvalue weighted by Crippen LogP contribution is -2.64. The Bertz CT molecular complexity index is 923. The number of alkyl halides is 3. The minimum atomic E-state index is -4.78. The molecule has 0 spiro atoms. The maximum absolute atomic E-state index is 12.8. The van der Waals surface area contributed by atoms with Gasteiger partial charge >= 0.3 is 12.5 Å². The highest BCUT2D eigenvalue weighted by atomic mass is 19.4. The number of benzene rings is 2. The molecule has 2 aliphatic heterocycles. The molecule has 9 heteroatoms. The van der Waals surface area contributed by atoms with Gasteiger partial charge in [0.1, 0.15) is 12.4 Å². The maximum atomic E-state index is 12.8. The van der Waals surface area contributed by atoms with E-state index in [4.69, 9.17) is 9.47 Å². The third-order valence-corrected chi connectivity index (χ3v) is 5.72. The molecule has 2 aromatic carbocycles. The topological polar surface area (TPSA) is 68.2 Å². The number of halogens is 3. The average Bonchev–Trinajstić information content (AvgIpc) is 2.71. The van der Waals surface area contributed by atoms with Crippen LogP contribution in [-0.2, 0) is 22.5 Å². The number of piperidine rings is 1. The minimum absolute atomic E-state index is 0.141. The highest BCUT2D eigenvalue weighted by molar-refractivity contribution is 5.69. The van der Waals surface area contributed by atoms with Gasteiger partial charge in [-0.2, -0.15) is 0 Å². The lowest BCUT2D eigenvalue weighted by molar-refractivity contribution is -0.274. The van der Waals surface area contributed by atoms with E-state index in [0.717, 1.165) is 5.56 Å². The standard InChI is InChI=1S/C23H24F3NO5/c24-23(25,26)32-20-8-4-7-17(9-20)10-22(29)11-18-14-30-15-19(12-22)27(18)21(28)31-13-16-5-2-1-3-6-16/h1-9,18-19,29H,10-15H2. The molecule has 2 aromatic rings. The summed E-state index contributed by atoms with van der Waals surface area (Å²) >= 11 is 0.